The predicted molar refractivity (Wildman–Crippen MR) is 126 cm³/mol. The summed E-state index contributed by atoms with van der Waals surface area (Å²) in [5.74, 6) is 0.377. The molecule has 0 aliphatic carbocycles. The molecule has 0 unspecified atom stereocenters. The number of amides is 1. The number of nitrogens with zero attached hydrogens (tertiary/aromatic N) is 6. The molecule has 1 aliphatic heterocycles. The van der Waals surface area contributed by atoms with Gasteiger partial charge in [0.2, 0.25) is 5.82 Å². The predicted octanol–water partition coefficient (Wildman–Crippen LogP) is 4.80. The SMILES string of the molecule is C[C@@H](C(=O)N1c2ccccc2Sc2ccccc21)n1nnc(-c2ccc(N(C)C)cc2)n1. The second kappa shape index (κ2) is 8.12. The van der Waals surface area contributed by atoms with Crippen LogP contribution in [-0.4, -0.2) is 40.2 Å². The van der Waals surface area contributed by atoms with Gasteiger partial charge in [0.25, 0.3) is 5.91 Å². The Bertz CT molecular complexity index is 1240. The summed E-state index contributed by atoms with van der Waals surface area (Å²) in [6, 6.07) is 23.2. The van der Waals surface area contributed by atoms with Crippen LogP contribution >= 0.6 is 11.8 Å². The van der Waals surface area contributed by atoms with E-state index in [1.165, 1.54) is 4.80 Å². The van der Waals surface area contributed by atoms with Crippen LogP contribution in [0.4, 0.5) is 17.1 Å². The molecule has 0 saturated carbocycles. The maximum atomic E-state index is 13.7. The molecule has 3 aromatic carbocycles. The standard InChI is InChI=1S/C24H22N6OS/c1-16(30-26-23(25-27-30)17-12-14-18(15-13-17)28(2)3)24(31)29-19-8-4-6-10-21(19)32-22-11-7-5-9-20(22)29/h4-16H,1-3H3/t16-/m0/s1. The van der Waals surface area contributed by atoms with Gasteiger partial charge in [-0.05, 0) is 60.7 Å². The molecule has 2 heterocycles. The molecular weight excluding hydrogens is 420 g/mol. The topological polar surface area (TPSA) is 67.2 Å². The van der Waals surface area contributed by atoms with E-state index < -0.39 is 6.04 Å². The van der Waals surface area contributed by atoms with Crippen molar-refractivity contribution >= 4 is 34.7 Å². The Balaban J connectivity index is 1.46. The zero-order valence-corrected chi connectivity index (χ0v) is 18.8. The first kappa shape index (κ1) is 20.3. The first-order valence-corrected chi connectivity index (χ1v) is 11.1. The summed E-state index contributed by atoms with van der Waals surface area (Å²) in [6.45, 7) is 1.80. The van der Waals surface area contributed by atoms with Crippen LogP contribution < -0.4 is 9.80 Å². The van der Waals surface area contributed by atoms with Crippen LogP contribution in [0.2, 0.25) is 0 Å². The summed E-state index contributed by atoms with van der Waals surface area (Å²) < 4.78 is 0. The fraction of sp³-hybridized carbons (Fsp3) is 0.167. The summed E-state index contributed by atoms with van der Waals surface area (Å²) in [5.41, 5.74) is 3.68. The minimum Gasteiger partial charge on any atom is -0.378 e. The molecule has 0 saturated heterocycles. The number of hydrogen-bond donors (Lipinski definition) is 0. The van der Waals surface area contributed by atoms with Crippen molar-refractivity contribution in [3.05, 3.63) is 72.8 Å². The maximum Gasteiger partial charge on any atom is 0.258 e. The zero-order valence-electron chi connectivity index (χ0n) is 18.0. The lowest BCUT2D eigenvalue weighted by atomic mass is 10.2. The molecule has 0 spiro atoms. The van der Waals surface area contributed by atoms with Crippen LogP contribution in [0.25, 0.3) is 11.4 Å². The van der Waals surface area contributed by atoms with Gasteiger partial charge in [0, 0.05) is 35.1 Å². The molecule has 0 radical (unpaired) electrons. The Labute approximate surface area is 190 Å². The van der Waals surface area contributed by atoms with Crippen molar-refractivity contribution < 1.29 is 4.79 Å². The first-order chi connectivity index (χ1) is 15.5. The van der Waals surface area contributed by atoms with Gasteiger partial charge < -0.3 is 4.90 Å². The van der Waals surface area contributed by atoms with E-state index in [1.807, 2.05) is 91.8 Å². The Morgan fingerprint density at radius 1 is 0.906 bits per heavy atom. The van der Waals surface area contributed by atoms with E-state index >= 15 is 0 Å². The molecule has 4 aromatic rings. The molecule has 32 heavy (non-hydrogen) atoms. The summed E-state index contributed by atoms with van der Waals surface area (Å²) in [6.07, 6.45) is 0. The van der Waals surface area contributed by atoms with Gasteiger partial charge in [-0.15, -0.1) is 10.2 Å². The van der Waals surface area contributed by atoms with Crippen molar-refractivity contribution in [2.24, 2.45) is 0 Å². The molecule has 0 fully saturated rings. The van der Waals surface area contributed by atoms with Crippen LogP contribution in [0.3, 0.4) is 0 Å². The van der Waals surface area contributed by atoms with Crippen LogP contribution in [0.15, 0.2) is 82.6 Å². The average molecular weight is 443 g/mol. The minimum atomic E-state index is -0.624. The van der Waals surface area contributed by atoms with Crippen molar-refractivity contribution in [1.29, 1.82) is 0 Å². The third kappa shape index (κ3) is 3.52. The number of rotatable bonds is 4. The largest absolute Gasteiger partial charge is 0.378 e. The first-order valence-electron chi connectivity index (χ1n) is 10.3. The van der Waals surface area contributed by atoms with E-state index in [-0.39, 0.29) is 5.91 Å². The maximum absolute atomic E-state index is 13.7. The molecule has 8 heteroatoms. The summed E-state index contributed by atoms with van der Waals surface area (Å²) >= 11 is 1.67. The van der Waals surface area contributed by atoms with Gasteiger partial charge in [0.15, 0.2) is 0 Å². The van der Waals surface area contributed by atoms with Crippen molar-refractivity contribution in [2.45, 2.75) is 22.8 Å². The second-order valence-electron chi connectivity index (χ2n) is 7.76. The van der Waals surface area contributed by atoms with Crippen molar-refractivity contribution in [2.75, 3.05) is 23.9 Å². The Morgan fingerprint density at radius 2 is 1.50 bits per heavy atom. The molecular formula is C24H22N6OS. The highest BCUT2D eigenvalue weighted by atomic mass is 32.2. The lowest BCUT2D eigenvalue weighted by molar-refractivity contribution is -0.121. The fourth-order valence-corrected chi connectivity index (χ4v) is 4.70. The minimum absolute atomic E-state index is 0.114. The number of benzene rings is 3. The highest BCUT2D eigenvalue weighted by Crippen LogP contribution is 2.48. The molecule has 1 aromatic heterocycles. The smallest absolute Gasteiger partial charge is 0.258 e. The fourth-order valence-electron chi connectivity index (χ4n) is 3.64. The number of carbonyl (C=O) groups excluding carboxylic acids is 1. The Morgan fingerprint density at radius 3 is 2.09 bits per heavy atom. The van der Waals surface area contributed by atoms with Gasteiger partial charge in [-0.1, -0.05) is 36.0 Å². The van der Waals surface area contributed by atoms with E-state index in [1.54, 1.807) is 23.6 Å². The molecule has 1 aliphatic rings. The lowest BCUT2D eigenvalue weighted by Crippen LogP contribution is -2.35. The number of carbonyl (C=O) groups is 1. The van der Waals surface area contributed by atoms with Gasteiger partial charge in [-0.2, -0.15) is 4.80 Å². The van der Waals surface area contributed by atoms with Crippen molar-refractivity contribution in [1.82, 2.24) is 20.2 Å². The zero-order chi connectivity index (χ0) is 22.2. The van der Waals surface area contributed by atoms with E-state index in [0.29, 0.717) is 5.82 Å². The van der Waals surface area contributed by atoms with Crippen LogP contribution in [0.1, 0.15) is 13.0 Å². The summed E-state index contributed by atoms with van der Waals surface area (Å²) in [4.78, 5) is 20.9. The third-order valence-corrected chi connectivity index (χ3v) is 6.56. The highest BCUT2D eigenvalue weighted by Gasteiger charge is 2.32. The van der Waals surface area contributed by atoms with Gasteiger partial charge in [0.1, 0.15) is 6.04 Å². The molecule has 5 rings (SSSR count). The third-order valence-electron chi connectivity index (χ3n) is 5.43. The average Bonchev–Trinajstić information content (AvgIpc) is 3.32. The van der Waals surface area contributed by atoms with E-state index in [2.05, 4.69) is 15.4 Å². The number of anilines is 3. The Kier molecular flexibility index (Phi) is 5.14. The number of hydrogen-bond acceptors (Lipinski definition) is 6. The quantitative estimate of drug-likeness (QED) is 0.452. The van der Waals surface area contributed by atoms with E-state index in [4.69, 9.17) is 0 Å². The monoisotopic (exact) mass is 442 g/mol. The summed E-state index contributed by atoms with van der Waals surface area (Å²) in [5, 5.41) is 12.9. The number of aromatic nitrogens is 4. The van der Waals surface area contributed by atoms with Gasteiger partial charge in [-0.3, -0.25) is 9.69 Å². The number of para-hydroxylation sites is 2. The molecule has 1 amide bonds. The molecule has 0 bridgehead atoms. The van der Waals surface area contributed by atoms with Crippen molar-refractivity contribution in [3.8, 4) is 11.4 Å². The van der Waals surface area contributed by atoms with Crippen LogP contribution in [0.5, 0.6) is 0 Å². The molecule has 160 valence electrons. The highest BCUT2D eigenvalue weighted by molar-refractivity contribution is 7.99. The summed E-state index contributed by atoms with van der Waals surface area (Å²) in [7, 11) is 3.98. The Hall–Kier alpha value is -3.65. The van der Waals surface area contributed by atoms with Gasteiger partial charge in [0.05, 0.1) is 11.4 Å². The van der Waals surface area contributed by atoms with E-state index in [9.17, 15) is 4.79 Å². The normalized spacial score (nSPS) is 13.3. The lowest BCUT2D eigenvalue weighted by Gasteiger charge is -2.32. The van der Waals surface area contributed by atoms with Crippen LogP contribution in [0, 0.1) is 0 Å². The van der Waals surface area contributed by atoms with Gasteiger partial charge >= 0.3 is 0 Å². The van der Waals surface area contributed by atoms with Gasteiger partial charge in [-0.25, -0.2) is 0 Å². The van der Waals surface area contributed by atoms with Crippen LogP contribution in [-0.2, 0) is 4.79 Å². The van der Waals surface area contributed by atoms with E-state index in [0.717, 1.165) is 32.4 Å². The molecule has 1 atom stereocenters. The molecule has 0 N–H and O–H groups in total. The number of tetrazole rings is 1. The second-order valence-corrected chi connectivity index (χ2v) is 8.85. The molecule has 7 nitrogen and oxygen atoms in total. The number of fused-ring (bicyclic) bond motifs is 2. The van der Waals surface area contributed by atoms with Crippen molar-refractivity contribution in [3.63, 3.8) is 0 Å².